The van der Waals surface area contributed by atoms with E-state index >= 15 is 0 Å². The van der Waals surface area contributed by atoms with Crippen molar-refractivity contribution < 1.29 is 19.7 Å². The molecule has 0 radical (unpaired) electrons. The molecule has 55 heavy (non-hydrogen) atoms. The second-order valence-corrected chi connectivity index (χ2v) is 14.2. The molecule has 0 unspecified atom stereocenters. The van der Waals surface area contributed by atoms with Crippen molar-refractivity contribution in [3.8, 4) is 45.3 Å². The summed E-state index contributed by atoms with van der Waals surface area (Å²) in [5, 5.41) is 20.4. The van der Waals surface area contributed by atoms with Crippen LogP contribution in [-0.4, -0.2) is 17.0 Å². The van der Waals surface area contributed by atoms with Crippen LogP contribution in [-0.2, 0) is 10.8 Å². The zero-order valence-corrected chi connectivity index (χ0v) is 29.9. The number of hydrogen-bond donors (Lipinski definition) is 2. The standard InChI is InChI=1S/C51H36O4/c52-38-25-17-34(18-26-38)50(46-13-5-1-9-42(46)43-10-2-6-14-47(43)50)36-21-29-40(30-22-36)54-33-55-41-31-23-37(24-32-41)51(35-19-27-39(53)28-20-35)48-15-7-3-11-44(48)45-12-4-8-16-49(45)51/h1-32,52-53H,33H2. The minimum absolute atomic E-state index is 0.0439. The molecule has 2 aliphatic rings. The van der Waals surface area contributed by atoms with Crippen molar-refractivity contribution >= 4 is 0 Å². The van der Waals surface area contributed by atoms with Gasteiger partial charge in [0.1, 0.15) is 23.0 Å². The lowest BCUT2D eigenvalue weighted by atomic mass is 9.68. The predicted octanol–water partition coefficient (Wildman–Crippen LogP) is 11.2. The van der Waals surface area contributed by atoms with Crippen LogP contribution in [0, 0.1) is 0 Å². The van der Waals surface area contributed by atoms with E-state index in [0.717, 1.165) is 22.3 Å². The molecule has 8 aromatic rings. The summed E-state index contributed by atoms with van der Waals surface area (Å²) in [5.41, 5.74) is 12.9. The molecule has 2 N–H and O–H groups in total. The molecule has 264 valence electrons. The molecular formula is C51H36O4. The second-order valence-electron chi connectivity index (χ2n) is 14.2. The summed E-state index contributed by atoms with van der Waals surface area (Å²) in [7, 11) is 0. The summed E-state index contributed by atoms with van der Waals surface area (Å²) < 4.78 is 12.3. The molecule has 4 heteroatoms. The molecule has 8 aromatic carbocycles. The highest BCUT2D eigenvalue weighted by Crippen LogP contribution is 2.57. The first kappa shape index (κ1) is 32.6. The number of ether oxygens (including phenoxy) is 2. The zero-order chi connectivity index (χ0) is 37.0. The van der Waals surface area contributed by atoms with E-state index in [4.69, 9.17) is 9.47 Å². The second kappa shape index (κ2) is 12.8. The first-order valence-corrected chi connectivity index (χ1v) is 18.5. The first-order valence-electron chi connectivity index (χ1n) is 18.5. The summed E-state index contributed by atoms with van der Waals surface area (Å²) in [6.07, 6.45) is 0. The van der Waals surface area contributed by atoms with Crippen LogP contribution in [0.15, 0.2) is 194 Å². The van der Waals surface area contributed by atoms with Crippen molar-refractivity contribution in [2.24, 2.45) is 0 Å². The number of rotatable bonds is 8. The smallest absolute Gasteiger partial charge is 0.230 e. The highest BCUT2D eigenvalue weighted by molar-refractivity contribution is 5.87. The SMILES string of the molecule is Oc1ccc(C2(c3ccc(OCOc4ccc(C5(c6ccc(O)cc6)c6ccccc6-c6ccccc65)cc4)cc3)c3ccccc3-c3ccccc32)cc1. The van der Waals surface area contributed by atoms with Gasteiger partial charge in [0.2, 0.25) is 6.79 Å². The summed E-state index contributed by atoms with van der Waals surface area (Å²) >= 11 is 0. The largest absolute Gasteiger partial charge is 0.508 e. The van der Waals surface area contributed by atoms with E-state index in [0.29, 0.717) is 11.5 Å². The van der Waals surface area contributed by atoms with E-state index in [9.17, 15) is 10.2 Å². The lowest BCUT2D eigenvalue weighted by molar-refractivity contribution is 0.120. The van der Waals surface area contributed by atoms with Crippen LogP contribution in [0.2, 0.25) is 0 Å². The Labute approximate surface area is 320 Å². The van der Waals surface area contributed by atoms with Crippen molar-refractivity contribution in [3.63, 3.8) is 0 Å². The van der Waals surface area contributed by atoms with Crippen molar-refractivity contribution in [3.05, 3.63) is 239 Å². The molecule has 0 aromatic heterocycles. The lowest BCUT2D eigenvalue weighted by Gasteiger charge is -2.34. The van der Waals surface area contributed by atoms with Gasteiger partial charge in [-0.2, -0.15) is 0 Å². The Morgan fingerprint density at radius 3 is 0.855 bits per heavy atom. The molecule has 10 rings (SSSR count). The Morgan fingerprint density at radius 2 is 0.564 bits per heavy atom. The Kier molecular flexibility index (Phi) is 7.60. The fourth-order valence-electron chi connectivity index (χ4n) is 9.24. The maximum Gasteiger partial charge on any atom is 0.230 e. The van der Waals surface area contributed by atoms with E-state index in [1.54, 1.807) is 24.3 Å². The van der Waals surface area contributed by atoms with Gasteiger partial charge in [0.15, 0.2) is 0 Å². The number of benzene rings is 8. The van der Waals surface area contributed by atoms with E-state index in [2.05, 4.69) is 121 Å². The third-order valence-electron chi connectivity index (χ3n) is 11.5. The average molecular weight is 713 g/mol. The predicted molar refractivity (Wildman–Crippen MR) is 217 cm³/mol. The molecule has 0 amide bonds. The quantitative estimate of drug-likeness (QED) is 0.154. The Morgan fingerprint density at radius 1 is 0.309 bits per heavy atom. The minimum Gasteiger partial charge on any atom is -0.508 e. The summed E-state index contributed by atoms with van der Waals surface area (Å²) in [6, 6.07) is 66.1. The monoisotopic (exact) mass is 712 g/mol. The lowest BCUT2D eigenvalue weighted by Crippen LogP contribution is -2.28. The Balaban J connectivity index is 0.937. The number of hydrogen-bond acceptors (Lipinski definition) is 4. The highest BCUT2D eigenvalue weighted by atomic mass is 16.7. The molecule has 0 heterocycles. The van der Waals surface area contributed by atoms with Crippen LogP contribution >= 0.6 is 0 Å². The third kappa shape index (κ3) is 4.92. The van der Waals surface area contributed by atoms with Gasteiger partial charge in [-0.15, -0.1) is 0 Å². The maximum absolute atomic E-state index is 10.2. The van der Waals surface area contributed by atoms with E-state index in [1.165, 1.54) is 44.5 Å². The molecule has 0 fully saturated rings. The van der Waals surface area contributed by atoms with Gasteiger partial charge in [-0.05, 0) is 115 Å². The van der Waals surface area contributed by atoms with Crippen LogP contribution in [0.3, 0.4) is 0 Å². The number of phenolic OH excluding ortho intramolecular Hbond substituents is 2. The average Bonchev–Trinajstić information content (AvgIpc) is 3.71. The van der Waals surface area contributed by atoms with Crippen molar-refractivity contribution in [1.29, 1.82) is 0 Å². The number of fused-ring (bicyclic) bond motifs is 6. The summed E-state index contributed by atoms with van der Waals surface area (Å²) in [6.45, 7) is 0.0439. The van der Waals surface area contributed by atoms with E-state index in [-0.39, 0.29) is 18.3 Å². The molecule has 0 saturated heterocycles. The van der Waals surface area contributed by atoms with Gasteiger partial charge >= 0.3 is 0 Å². The Bertz CT molecular complexity index is 2400. The van der Waals surface area contributed by atoms with Crippen LogP contribution < -0.4 is 9.47 Å². The molecule has 0 aliphatic heterocycles. The molecule has 0 atom stereocenters. The fourth-order valence-corrected chi connectivity index (χ4v) is 9.24. The maximum atomic E-state index is 10.2. The zero-order valence-electron chi connectivity index (χ0n) is 29.9. The normalized spacial score (nSPS) is 14.0. The summed E-state index contributed by atoms with van der Waals surface area (Å²) in [4.78, 5) is 0. The van der Waals surface area contributed by atoms with Gasteiger partial charge in [0.05, 0.1) is 10.8 Å². The van der Waals surface area contributed by atoms with Gasteiger partial charge in [-0.1, -0.05) is 146 Å². The van der Waals surface area contributed by atoms with Crippen molar-refractivity contribution in [2.75, 3.05) is 6.79 Å². The third-order valence-corrected chi connectivity index (χ3v) is 11.5. The van der Waals surface area contributed by atoms with Crippen LogP contribution in [0.5, 0.6) is 23.0 Å². The van der Waals surface area contributed by atoms with Crippen LogP contribution in [0.4, 0.5) is 0 Å². The topological polar surface area (TPSA) is 58.9 Å². The van der Waals surface area contributed by atoms with Gasteiger partial charge in [0, 0.05) is 0 Å². The molecule has 4 nitrogen and oxygen atoms in total. The van der Waals surface area contributed by atoms with E-state index in [1.807, 2.05) is 48.5 Å². The van der Waals surface area contributed by atoms with Crippen molar-refractivity contribution in [2.45, 2.75) is 10.8 Å². The van der Waals surface area contributed by atoms with Gasteiger partial charge in [0.25, 0.3) is 0 Å². The Hall–Kier alpha value is -7.04. The highest BCUT2D eigenvalue weighted by Gasteiger charge is 2.47. The van der Waals surface area contributed by atoms with Crippen LogP contribution in [0.25, 0.3) is 22.3 Å². The molecule has 0 saturated carbocycles. The van der Waals surface area contributed by atoms with Gasteiger partial charge < -0.3 is 19.7 Å². The molecule has 2 aliphatic carbocycles. The van der Waals surface area contributed by atoms with Gasteiger partial charge in [-0.3, -0.25) is 0 Å². The van der Waals surface area contributed by atoms with Crippen LogP contribution in [0.1, 0.15) is 44.5 Å². The minimum atomic E-state index is -0.560. The number of aromatic hydroxyl groups is 2. The number of phenols is 2. The summed E-state index contributed by atoms with van der Waals surface area (Å²) in [5.74, 6) is 1.88. The van der Waals surface area contributed by atoms with Crippen molar-refractivity contribution in [1.82, 2.24) is 0 Å². The first-order chi connectivity index (χ1) is 27.1. The van der Waals surface area contributed by atoms with E-state index < -0.39 is 10.8 Å². The molecule has 0 spiro atoms. The fraction of sp³-hybridized carbons (Fsp3) is 0.0588. The van der Waals surface area contributed by atoms with Gasteiger partial charge in [-0.25, -0.2) is 0 Å². The molecular weight excluding hydrogens is 677 g/mol. The molecule has 0 bridgehead atoms.